The summed E-state index contributed by atoms with van der Waals surface area (Å²) in [5, 5.41) is 13.1. The molecule has 0 spiro atoms. The van der Waals surface area contributed by atoms with E-state index in [0.717, 1.165) is 15.6 Å². The molecule has 1 aliphatic rings. The zero-order valence-electron chi connectivity index (χ0n) is 15.0. The Morgan fingerprint density at radius 1 is 1.21 bits per heavy atom. The van der Waals surface area contributed by atoms with Crippen molar-refractivity contribution in [2.24, 2.45) is 5.92 Å². The number of methoxy groups -OCH3 is 1. The van der Waals surface area contributed by atoms with E-state index in [-0.39, 0.29) is 0 Å². The lowest BCUT2D eigenvalue weighted by Gasteiger charge is -2.31. The van der Waals surface area contributed by atoms with Crippen molar-refractivity contribution in [3.63, 3.8) is 0 Å². The molecule has 2 atom stereocenters. The number of halogens is 1. The van der Waals surface area contributed by atoms with Crippen molar-refractivity contribution in [2.75, 3.05) is 7.11 Å². The maximum absolute atomic E-state index is 12.7. The van der Waals surface area contributed by atoms with Gasteiger partial charge < -0.3 is 10.1 Å². The summed E-state index contributed by atoms with van der Waals surface area (Å²) in [6.07, 6.45) is 0. The molecule has 2 aromatic carbocycles. The molecule has 0 saturated heterocycles. The van der Waals surface area contributed by atoms with Crippen LogP contribution in [-0.2, 0) is 20.1 Å². The van der Waals surface area contributed by atoms with Gasteiger partial charge in [-0.3, -0.25) is 9.59 Å². The number of esters is 1. The SMILES string of the molecule is COC(=O)[C@H]1C(=O)NC(SCc2ccc(Br)cc2)=C(C#N)[C@H]1c1ccccc1. The van der Waals surface area contributed by atoms with Crippen LogP contribution in [-0.4, -0.2) is 19.0 Å². The predicted octanol–water partition coefficient (Wildman–Crippen LogP) is 4.12. The lowest BCUT2D eigenvalue weighted by atomic mass is 9.78. The number of nitrogens with zero attached hydrogens (tertiary/aromatic N) is 1. The molecule has 1 aliphatic heterocycles. The van der Waals surface area contributed by atoms with Crippen molar-refractivity contribution in [3.8, 4) is 6.07 Å². The number of nitriles is 1. The van der Waals surface area contributed by atoms with E-state index in [0.29, 0.717) is 16.4 Å². The van der Waals surface area contributed by atoms with Crippen LogP contribution in [0.5, 0.6) is 0 Å². The number of ether oxygens (including phenoxy) is 1. The molecule has 5 nitrogen and oxygen atoms in total. The first-order chi connectivity index (χ1) is 13.5. The van der Waals surface area contributed by atoms with Gasteiger partial charge in [0.2, 0.25) is 5.91 Å². The van der Waals surface area contributed by atoms with E-state index in [1.807, 2.05) is 54.6 Å². The quantitative estimate of drug-likeness (QED) is 0.540. The minimum Gasteiger partial charge on any atom is -0.468 e. The van der Waals surface area contributed by atoms with Crippen LogP contribution in [0.25, 0.3) is 0 Å². The number of hydrogen-bond donors (Lipinski definition) is 1. The zero-order valence-corrected chi connectivity index (χ0v) is 17.4. The van der Waals surface area contributed by atoms with E-state index in [2.05, 4.69) is 27.3 Å². The Balaban J connectivity index is 1.98. The molecule has 0 radical (unpaired) electrons. The number of nitrogens with one attached hydrogen (secondary N) is 1. The third-order valence-corrected chi connectivity index (χ3v) is 6.06. The van der Waals surface area contributed by atoms with Gasteiger partial charge in [0.15, 0.2) is 0 Å². The second-order valence-electron chi connectivity index (χ2n) is 6.15. The molecule has 0 unspecified atom stereocenters. The summed E-state index contributed by atoms with van der Waals surface area (Å²) in [6, 6.07) is 19.1. The largest absolute Gasteiger partial charge is 0.468 e. The Kier molecular flexibility index (Phi) is 6.55. The zero-order chi connectivity index (χ0) is 20.1. The average molecular weight is 457 g/mol. The molecule has 1 N–H and O–H groups in total. The normalized spacial score (nSPS) is 19.0. The van der Waals surface area contributed by atoms with Gasteiger partial charge in [-0.05, 0) is 23.3 Å². The first-order valence-electron chi connectivity index (χ1n) is 8.50. The van der Waals surface area contributed by atoms with E-state index < -0.39 is 23.7 Å². The highest BCUT2D eigenvalue weighted by molar-refractivity contribution is 9.10. The Morgan fingerprint density at radius 2 is 1.89 bits per heavy atom. The van der Waals surface area contributed by atoms with Crippen LogP contribution < -0.4 is 5.32 Å². The number of rotatable bonds is 5. The maximum atomic E-state index is 12.7. The van der Waals surface area contributed by atoms with Crippen LogP contribution in [0.15, 0.2) is 69.7 Å². The topological polar surface area (TPSA) is 79.2 Å². The van der Waals surface area contributed by atoms with Gasteiger partial charge in [0.05, 0.1) is 23.8 Å². The Hall–Kier alpha value is -2.56. The maximum Gasteiger partial charge on any atom is 0.319 e. The summed E-state index contributed by atoms with van der Waals surface area (Å²) in [4.78, 5) is 25.0. The third-order valence-electron chi connectivity index (χ3n) is 4.44. The summed E-state index contributed by atoms with van der Waals surface area (Å²) in [5.74, 6) is -2.31. The molecule has 0 fully saturated rings. The molecule has 1 amide bonds. The Bertz CT molecular complexity index is 952. The van der Waals surface area contributed by atoms with E-state index in [1.54, 1.807) is 0 Å². The van der Waals surface area contributed by atoms with Crippen LogP contribution in [0, 0.1) is 17.2 Å². The van der Waals surface area contributed by atoms with Gasteiger partial charge in [-0.2, -0.15) is 5.26 Å². The van der Waals surface area contributed by atoms with Gasteiger partial charge in [0.25, 0.3) is 0 Å². The molecule has 28 heavy (non-hydrogen) atoms. The highest BCUT2D eigenvalue weighted by atomic mass is 79.9. The number of carbonyl (C=O) groups is 2. The molecule has 1 heterocycles. The first-order valence-corrected chi connectivity index (χ1v) is 10.3. The number of benzene rings is 2. The van der Waals surface area contributed by atoms with Crippen LogP contribution in [0.4, 0.5) is 0 Å². The fourth-order valence-corrected chi connectivity index (χ4v) is 4.34. The average Bonchev–Trinajstić information content (AvgIpc) is 2.72. The van der Waals surface area contributed by atoms with E-state index in [9.17, 15) is 14.9 Å². The molecule has 7 heteroatoms. The molecule has 0 bridgehead atoms. The molecule has 3 rings (SSSR count). The smallest absolute Gasteiger partial charge is 0.319 e. The molecule has 142 valence electrons. The van der Waals surface area contributed by atoms with Crippen LogP contribution in [0.3, 0.4) is 0 Å². The van der Waals surface area contributed by atoms with Gasteiger partial charge >= 0.3 is 5.97 Å². The first kappa shape index (κ1) is 20.2. The van der Waals surface area contributed by atoms with Gasteiger partial charge in [-0.15, -0.1) is 11.8 Å². The van der Waals surface area contributed by atoms with E-state index in [4.69, 9.17) is 4.74 Å². The van der Waals surface area contributed by atoms with Crippen molar-refractivity contribution in [3.05, 3.63) is 80.8 Å². The summed E-state index contributed by atoms with van der Waals surface area (Å²) < 4.78 is 5.82. The summed E-state index contributed by atoms with van der Waals surface area (Å²) in [6.45, 7) is 0. The van der Waals surface area contributed by atoms with E-state index in [1.165, 1.54) is 18.9 Å². The number of allylic oxidation sites excluding steroid dienone is 1. The lowest BCUT2D eigenvalue weighted by Crippen LogP contribution is -2.44. The van der Waals surface area contributed by atoms with Gasteiger partial charge in [-0.25, -0.2) is 0 Å². The van der Waals surface area contributed by atoms with Crippen LogP contribution in [0.2, 0.25) is 0 Å². The fraction of sp³-hybridized carbons (Fsp3) is 0.190. The Morgan fingerprint density at radius 3 is 2.50 bits per heavy atom. The molecular weight excluding hydrogens is 440 g/mol. The second-order valence-corrected chi connectivity index (χ2v) is 8.05. The molecule has 0 aliphatic carbocycles. The molecule has 0 saturated carbocycles. The monoisotopic (exact) mass is 456 g/mol. The summed E-state index contributed by atoms with van der Waals surface area (Å²) >= 11 is 4.77. The predicted molar refractivity (Wildman–Crippen MR) is 111 cm³/mol. The highest BCUT2D eigenvalue weighted by Gasteiger charge is 2.44. The van der Waals surface area contributed by atoms with Gasteiger partial charge in [-0.1, -0.05) is 58.4 Å². The number of thioether (sulfide) groups is 1. The lowest BCUT2D eigenvalue weighted by molar-refractivity contribution is -0.150. The van der Waals surface area contributed by atoms with Crippen molar-refractivity contribution >= 4 is 39.6 Å². The van der Waals surface area contributed by atoms with Crippen molar-refractivity contribution in [1.29, 1.82) is 5.26 Å². The van der Waals surface area contributed by atoms with Gasteiger partial charge in [0, 0.05) is 16.1 Å². The van der Waals surface area contributed by atoms with E-state index >= 15 is 0 Å². The molecule has 2 aromatic rings. The van der Waals surface area contributed by atoms with Crippen LogP contribution in [0.1, 0.15) is 17.0 Å². The minimum absolute atomic E-state index is 0.364. The minimum atomic E-state index is -1.10. The molecule has 0 aromatic heterocycles. The van der Waals surface area contributed by atoms with Crippen molar-refractivity contribution < 1.29 is 14.3 Å². The number of amides is 1. The Labute approximate surface area is 175 Å². The number of hydrogen-bond acceptors (Lipinski definition) is 5. The fourth-order valence-electron chi connectivity index (χ4n) is 3.08. The highest BCUT2D eigenvalue weighted by Crippen LogP contribution is 2.40. The van der Waals surface area contributed by atoms with Crippen molar-refractivity contribution in [2.45, 2.75) is 11.7 Å². The number of carbonyl (C=O) groups excluding carboxylic acids is 2. The standard InChI is InChI=1S/C21H17BrN2O3S/c1-27-21(26)18-17(14-5-3-2-4-6-14)16(11-23)20(24-19(18)25)28-12-13-7-9-15(22)10-8-13/h2-10,17-18H,12H2,1H3,(H,24,25)/t17-,18-/m1/s1. The molecular formula is C21H17BrN2O3S. The third kappa shape index (κ3) is 4.29. The van der Waals surface area contributed by atoms with Crippen molar-refractivity contribution in [1.82, 2.24) is 5.32 Å². The second kappa shape index (κ2) is 9.09. The van der Waals surface area contributed by atoms with Crippen LogP contribution >= 0.6 is 27.7 Å². The summed E-state index contributed by atoms with van der Waals surface area (Å²) in [5.41, 5.74) is 2.15. The van der Waals surface area contributed by atoms with Gasteiger partial charge in [0.1, 0.15) is 5.92 Å². The summed E-state index contributed by atoms with van der Waals surface area (Å²) in [7, 11) is 1.24.